The lowest BCUT2D eigenvalue weighted by molar-refractivity contribution is 1.21. The Hall–Kier alpha value is 0.670. The van der Waals surface area contributed by atoms with Crippen LogP contribution in [-0.2, 0) is 9.67 Å². The Morgan fingerprint density at radius 2 is 1.77 bits per heavy atom. The highest BCUT2D eigenvalue weighted by Crippen LogP contribution is 2.42. The van der Waals surface area contributed by atoms with Gasteiger partial charge < -0.3 is 0 Å². The van der Waals surface area contributed by atoms with Gasteiger partial charge >= 0.3 is 0 Å². The number of alkyl halides is 4. The second-order valence-electron chi connectivity index (χ2n) is 2.41. The molecule has 0 heterocycles. The van der Waals surface area contributed by atoms with E-state index < -0.39 is 3.79 Å². The quantitative estimate of drug-likeness (QED) is 0.641. The average Bonchev–Trinajstić information content (AvgIpc) is 2.02. The first kappa shape index (κ1) is 11.7. The lowest BCUT2D eigenvalue weighted by Gasteiger charge is -2.14. The molecule has 0 N–H and O–H groups in total. The molecule has 1 aromatic rings. The van der Waals surface area contributed by atoms with Gasteiger partial charge in [-0.1, -0.05) is 64.6 Å². The summed E-state index contributed by atoms with van der Waals surface area (Å²) in [6, 6.07) is 5.20. The predicted octanol–water partition coefficient (Wildman–Crippen LogP) is 4.91. The third-order valence-corrected chi connectivity index (χ3v) is 2.87. The van der Waals surface area contributed by atoms with E-state index in [9.17, 15) is 0 Å². The molecule has 72 valence electrons. The van der Waals surface area contributed by atoms with Crippen LogP contribution in [0.5, 0.6) is 0 Å². The van der Waals surface area contributed by atoms with Crippen molar-refractivity contribution in [1.29, 1.82) is 0 Å². The van der Waals surface area contributed by atoms with Crippen LogP contribution in [0, 0.1) is 0 Å². The van der Waals surface area contributed by atoms with E-state index in [-0.39, 0.29) is 0 Å². The summed E-state index contributed by atoms with van der Waals surface area (Å²) in [7, 11) is 0. The van der Waals surface area contributed by atoms with Gasteiger partial charge in [0, 0.05) is 11.4 Å². The normalized spacial score (nSPS) is 11.8. The first-order chi connectivity index (χ1) is 5.96. The molecule has 0 aliphatic rings. The number of benzene rings is 1. The van der Waals surface area contributed by atoms with Gasteiger partial charge in [0.25, 0.3) is 0 Å². The van der Waals surface area contributed by atoms with E-state index in [1.807, 2.05) is 0 Å². The largest absolute Gasteiger partial charge is 0.217 e. The smallest absolute Gasteiger partial charge is 0.121 e. The predicted molar refractivity (Wildman–Crippen MR) is 60.2 cm³/mol. The molecular formula is C8H5Cl5. The molecule has 1 aromatic carbocycles. The molecular weight excluding hydrogens is 273 g/mol. The summed E-state index contributed by atoms with van der Waals surface area (Å²) in [6.45, 7) is 0. The van der Waals surface area contributed by atoms with E-state index in [1.165, 1.54) is 0 Å². The highest BCUT2D eigenvalue weighted by Gasteiger charge is 2.26. The number of halogens is 5. The minimum absolute atomic E-state index is 0.299. The van der Waals surface area contributed by atoms with Gasteiger partial charge in [-0.3, -0.25) is 0 Å². The standard InChI is InChI=1S/C8H5Cl5/c9-4-5-2-1-3-6(7(5)10)8(11,12)13/h1-3H,4H2. The van der Waals surface area contributed by atoms with Crippen LogP contribution in [0.2, 0.25) is 5.02 Å². The van der Waals surface area contributed by atoms with Gasteiger partial charge in [0.15, 0.2) is 0 Å². The zero-order valence-electron chi connectivity index (χ0n) is 6.33. The summed E-state index contributed by atoms with van der Waals surface area (Å²) in [5.41, 5.74) is 1.21. The van der Waals surface area contributed by atoms with Crippen LogP contribution in [-0.4, -0.2) is 0 Å². The molecule has 0 radical (unpaired) electrons. The molecule has 13 heavy (non-hydrogen) atoms. The molecule has 0 aromatic heterocycles. The lowest BCUT2D eigenvalue weighted by atomic mass is 10.1. The summed E-state index contributed by atoms with van der Waals surface area (Å²) >= 11 is 28.7. The minimum atomic E-state index is -1.50. The van der Waals surface area contributed by atoms with Crippen LogP contribution in [0.1, 0.15) is 11.1 Å². The fraction of sp³-hybridized carbons (Fsp3) is 0.250. The van der Waals surface area contributed by atoms with Crippen molar-refractivity contribution in [3.05, 3.63) is 34.3 Å². The summed E-state index contributed by atoms with van der Waals surface area (Å²) in [4.78, 5) is 0. The minimum Gasteiger partial charge on any atom is -0.121 e. The third-order valence-electron chi connectivity index (χ3n) is 1.53. The first-order valence-electron chi connectivity index (χ1n) is 3.37. The molecule has 0 fully saturated rings. The topological polar surface area (TPSA) is 0 Å². The molecule has 0 spiro atoms. The second kappa shape index (κ2) is 4.46. The van der Waals surface area contributed by atoms with Crippen LogP contribution in [0.25, 0.3) is 0 Å². The Morgan fingerprint density at radius 1 is 1.15 bits per heavy atom. The molecule has 0 aliphatic carbocycles. The summed E-state index contributed by atoms with van der Waals surface area (Å²) in [6.07, 6.45) is 0. The van der Waals surface area contributed by atoms with Gasteiger partial charge in [-0.2, -0.15) is 0 Å². The van der Waals surface area contributed by atoms with Crippen molar-refractivity contribution in [2.24, 2.45) is 0 Å². The van der Waals surface area contributed by atoms with Gasteiger partial charge in [0.1, 0.15) is 0 Å². The van der Waals surface area contributed by atoms with Crippen molar-refractivity contribution in [2.45, 2.75) is 9.67 Å². The highest BCUT2D eigenvalue weighted by atomic mass is 35.6. The zero-order chi connectivity index (χ0) is 10.1. The number of hydrogen-bond acceptors (Lipinski definition) is 0. The van der Waals surface area contributed by atoms with Crippen molar-refractivity contribution in [2.75, 3.05) is 0 Å². The zero-order valence-corrected chi connectivity index (χ0v) is 10.1. The Balaban J connectivity index is 3.24. The maximum atomic E-state index is 5.96. The van der Waals surface area contributed by atoms with Crippen molar-refractivity contribution in [3.63, 3.8) is 0 Å². The molecule has 0 saturated carbocycles. The molecule has 1 rings (SSSR count). The Kier molecular flexibility index (Phi) is 4.03. The van der Waals surface area contributed by atoms with Crippen LogP contribution in [0.3, 0.4) is 0 Å². The fourth-order valence-electron chi connectivity index (χ4n) is 0.902. The van der Waals surface area contributed by atoms with Gasteiger partial charge in [-0.25, -0.2) is 0 Å². The summed E-state index contributed by atoms with van der Waals surface area (Å²) in [5, 5.41) is 0.414. The van der Waals surface area contributed by atoms with Crippen molar-refractivity contribution >= 4 is 58.0 Å². The second-order valence-corrected chi connectivity index (χ2v) is 5.34. The van der Waals surface area contributed by atoms with E-state index in [0.717, 1.165) is 5.56 Å². The van der Waals surface area contributed by atoms with E-state index in [2.05, 4.69) is 0 Å². The van der Waals surface area contributed by atoms with E-state index in [0.29, 0.717) is 16.5 Å². The van der Waals surface area contributed by atoms with Gasteiger partial charge in [-0.05, 0) is 5.56 Å². The number of hydrogen-bond donors (Lipinski definition) is 0. The van der Waals surface area contributed by atoms with E-state index >= 15 is 0 Å². The molecule has 0 saturated heterocycles. The van der Waals surface area contributed by atoms with Crippen LogP contribution >= 0.6 is 58.0 Å². The average molecular weight is 278 g/mol. The van der Waals surface area contributed by atoms with E-state index in [1.54, 1.807) is 18.2 Å². The maximum Gasteiger partial charge on any atom is 0.217 e. The van der Waals surface area contributed by atoms with Gasteiger partial charge in [0.2, 0.25) is 3.79 Å². The first-order valence-corrected chi connectivity index (χ1v) is 5.42. The van der Waals surface area contributed by atoms with Crippen LogP contribution < -0.4 is 0 Å². The molecule has 0 unspecified atom stereocenters. The molecule has 5 heteroatoms. The Morgan fingerprint density at radius 3 is 2.23 bits per heavy atom. The van der Waals surface area contributed by atoms with Gasteiger partial charge in [-0.15, -0.1) is 11.6 Å². The molecule has 0 atom stereocenters. The van der Waals surface area contributed by atoms with Crippen LogP contribution in [0.15, 0.2) is 18.2 Å². The lowest BCUT2D eigenvalue weighted by Crippen LogP contribution is -2.02. The van der Waals surface area contributed by atoms with Crippen LogP contribution in [0.4, 0.5) is 0 Å². The van der Waals surface area contributed by atoms with Gasteiger partial charge in [0.05, 0.1) is 5.02 Å². The molecule has 0 nitrogen and oxygen atoms in total. The fourth-order valence-corrected chi connectivity index (χ4v) is 2.15. The van der Waals surface area contributed by atoms with E-state index in [4.69, 9.17) is 58.0 Å². The third kappa shape index (κ3) is 2.81. The Labute approximate surface area is 102 Å². The molecule has 0 aliphatic heterocycles. The Bertz CT molecular complexity index is 302. The number of rotatable bonds is 1. The van der Waals surface area contributed by atoms with Crippen molar-refractivity contribution in [3.8, 4) is 0 Å². The monoisotopic (exact) mass is 276 g/mol. The summed E-state index contributed by atoms with van der Waals surface area (Å²) < 4.78 is -1.50. The SMILES string of the molecule is ClCc1cccc(C(Cl)(Cl)Cl)c1Cl. The summed E-state index contributed by atoms with van der Waals surface area (Å²) in [5.74, 6) is 0.299. The molecule has 0 bridgehead atoms. The maximum absolute atomic E-state index is 5.96. The van der Waals surface area contributed by atoms with Crippen molar-refractivity contribution in [1.82, 2.24) is 0 Å². The van der Waals surface area contributed by atoms with Crippen molar-refractivity contribution < 1.29 is 0 Å². The highest BCUT2D eigenvalue weighted by molar-refractivity contribution is 6.67. The molecule has 0 amide bonds.